The van der Waals surface area contributed by atoms with Crippen molar-refractivity contribution >= 4 is 11.8 Å². The van der Waals surface area contributed by atoms with Gasteiger partial charge in [-0.2, -0.15) is 0 Å². The number of aliphatic hydroxyl groups excluding tert-OH is 2. The van der Waals surface area contributed by atoms with E-state index in [1.165, 1.54) is 0 Å². The van der Waals surface area contributed by atoms with Crippen LogP contribution in [0.2, 0.25) is 0 Å². The molecular formula is C28H47N3O7. The smallest absolute Gasteiger partial charge is 0.335 e. The number of Topliss-reactive ketones (excluding diaryl/α,β-unsaturated/α-hetero) is 1. The maximum Gasteiger partial charge on any atom is 0.335 e. The summed E-state index contributed by atoms with van der Waals surface area (Å²) in [6, 6.07) is 0. The zero-order chi connectivity index (χ0) is 27.4. The SMILES string of the molecule is CC=C(CNCC)C(=O)O[C@H]1CC2C(CC3OC(CO)CC(=O)C3C2O)O[C@@]1(C)CCC1CCC(N)NC1. The van der Waals surface area contributed by atoms with Crippen LogP contribution in [-0.4, -0.2) is 90.5 Å². The highest BCUT2D eigenvalue weighted by Crippen LogP contribution is 2.48. The van der Waals surface area contributed by atoms with Crippen LogP contribution in [0.1, 0.15) is 65.7 Å². The van der Waals surface area contributed by atoms with Gasteiger partial charge in [0.25, 0.3) is 0 Å². The van der Waals surface area contributed by atoms with E-state index < -0.39 is 35.9 Å². The number of allylic oxidation sites excluding steroid dienone is 1. The minimum absolute atomic E-state index is 0.0378. The van der Waals surface area contributed by atoms with Crippen molar-refractivity contribution in [2.45, 2.75) is 108 Å². The summed E-state index contributed by atoms with van der Waals surface area (Å²) >= 11 is 0. The Morgan fingerprint density at radius 2 is 2.11 bits per heavy atom. The molecule has 8 unspecified atom stereocenters. The maximum atomic E-state index is 13.2. The van der Waals surface area contributed by atoms with E-state index in [1.807, 2.05) is 20.8 Å². The number of esters is 1. The van der Waals surface area contributed by atoms with Crippen LogP contribution >= 0.6 is 0 Å². The van der Waals surface area contributed by atoms with Gasteiger partial charge in [-0.25, -0.2) is 4.79 Å². The van der Waals surface area contributed by atoms with Crippen molar-refractivity contribution in [3.05, 3.63) is 11.6 Å². The molecule has 3 aliphatic heterocycles. The van der Waals surface area contributed by atoms with E-state index in [9.17, 15) is 19.8 Å². The van der Waals surface area contributed by atoms with Gasteiger partial charge in [0.1, 0.15) is 17.5 Å². The molecule has 216 valence electrons. The van der Waals surface area contributed by atoms with Crippen LogP contribution in [0.5, 0.6) is 0 Å². The molecule has 0 aromatic heterocycles. The number of likely N-dealkylation sites (N-methyl/N-ethyl adjacent to an activating group) is 1. The van der Waals surface area contributed by atoms with E-state index in [2.05, 4.69) is 10.6 Å². The number of piperidine rings is 1. The molecule has 10 nitrogen and oxygen atoms in total. The van der Waals surface area contributed by atoms with Gasteiger partial charge in [-0.05, 0) is 65.0 Å². The molecule has 0 spiro atoms. The van der Waals surface area contributed by atoms with Crippen molar-refractivity contribution < 1.29 is 34.0 Å². The standard InChI is InChI=1S/C28H47N3O7/c1-4-17(14-30-5-2)27(35)37-23-11-19-21(12-22-25(26(19)34)20(33)10-18(15-32)36-22)38-28(23,3)9-8-16-6-7-24(29)31-13-16/h4,16,18-19,21-26,30-32,34H,5-15,29H2,1-3H3/t16?,18?,19?,21?,22?,23-,24?,25?,26?,28-/m0/s1. The molecule has 4 fully saturated rings. The summed E-state index contributed by atoms with van der Waals surface area (Å²) in [7, 11) is 0. The van der Waals surface area contributed by atoms with Crippen molar-refractivity contribution in [2.24, 2.45) is 23.5 Å². The number of rotatable bonds is 9. The molecule has 38 heavy (non-hydrogen) atoms. The first-order chi connectivity index (χ1) is 18.2. The first kappa shape index (κ1) is 29.6. The lowest BCUT2D eigenvalue weighted by molar-refractivity contribution is -0.264. The summed E-state index contributed by atoms with van der Waals surface area (Å²) < 4.78 is 18.9. The highest BCUT2D eigenvalue weighted by atomic mass is 16.6. The summed E-state index contributed by atoms with van der Waals surface area (Å²) in [5.74, 6) is -1.02. The summed E-state index contributed by atoms with van der Waals surface area (Å²) in [5.41, 5.74) is 5.80. The third-order valence-corrected chi connectivity index (χ3v) is 9.14. The fourth-order valence-corrected chi connectivity index (χ4v) is 6.73. The number of aliphatic hydroxyl groups is 2. The number of ketones is 1. The summed E-state index contributed by atoms with van der Waals surface area (Å²) in [5, 5.41) is 27.5. The van der Waals surface area contributed by atoms with Gasteiger partial charge >= 0.3 is 5.97 Å². The second-order valence-electron chi connectivity index (χ2n) is 11.8. The Kier molecular flexibility index (Phi) is 10.00. The molecule has 0 radical (unpaired) electrons. The Balaban J connectivity index is 1.53. The van der Waals surface area contributed by atoms with Crippen molar-refractivity contribution in [3.8, 4) is 0 Å². The Bertz CT molecular complexity index is 861. The lowest BCUT2D eigenvalue weighted by Gasteiger charge is -2.54. The van der Waals surface area contributed by atoms with Crippen molar-refractivity contribution in [3.63, 3.8) is 0 Å². The average molecular weight is 538 g/mol. The van der Waals surface area contributed by atoms with Crippen molar-refractivity contribution in [1.29, 1.82) is 0 Å². The number of ether oxygens (including phenoxy) is 3. The minimum atomic E-state index is -0.955. The highest BCUT2D eigenvalue weighted by molar-refractivity contribution is 5.89. The lowest BCUT2D eigenvalue weighted by Crippen LogP contribution is -2.64. The summed E-state index contributed by atoms with van der Waals surface area (Å²) in [4.78, 5) is 26.1. The molecule has 6 N–H and O–H groups in total. The van der Waals surface area contributed by atoms with Crippen LogP contribution in [0.3, 0.4) is 0 Å². The van der Waals surface area contributed by atoms with Gasteiger partial charge in [0, 0.05) is 30.9 Å². The molecule has 0 amide bonds. The number of nitrogens with one attached hydrogen (secondary N) is 2. The predicted octanol–water partition coefficient (Wildman–Crippen LogP) is 0.782. The van der Waals surface area contributed by atoms with Gasteiger partial charge in [0.15, 0.2) is 0 Å². The van der Waals surface area contributed by atoms with Gasteiger partial charge in [0.2, 0.25) is 0 Å². The minimum Gasteiger partial charge on any atom is -0.456 e. The van der Waals surface area contributed by atoms with Gasteiger partial charge in [-0.1, -0.05) is 13.0 Å². The molecule has 10 atom stereocenters. The molecule has 0 aromatic rings. The second kappa shape index (κ2) is 12.8. The maximum absolute atomic E-state index is 13.2. The van der Waals surface area contributed by atoms with Gasteiger partial charge in [-0.15, -0.1) is 0 Å². The number of nitrogens with two attached hydrogens (primary N) is 1. The van der Waals surface area contributed by atoms with E-state index in [4.69, 9.17) is 19.9 Å². The number of hydrogen-bond acceptors (Lipinski definition) is 10. The molecule has 3 heterocycles. The number of hydrogen-bond donors (Lipinski definition) is 5. The molecule has 10 heteroatoms. The third-order valence-electron chi connectivity index (χ3n) is 9.14. The molecule has 0 aromatic carbocycles. The van der Waals surface area contributed by atoms with Gasteiger partial charge < -0.3 is 40.8 Å². The van der Waals surface area contributed by atoms with E-state index in [0.29, 0.717) is 37.3 Å². The number of fused-ring (bicyclic) bond motifs is 2. The normalized spacial score (nSPS) is 41.8. The number of carbonyl (C=O) groups excluding carboxylic acids is 2. The topological polar surface area (TPSA) is 152 Å². The Morgan fingerprint density at radius 3 is 2.76 bits per heavy atom. The van der Waals surface area contributed by atoms with E-state index >= 15 is 0 Å². The quantitative estimate of drug-likeness (QED) is 0.211. The molecule has 3 saturated heterocycles. The van der Waals surface area contributed by atoms with Crippen molar-refractivity contribution in [2.75, 3.05) is 26.2 Å². The largest absolute Gasteiger partial charge is 0.456 e. The van der Waals surface area contributed by atoms with Gasteiger partial charge in [0.05, 0.1) is 43.1 Å². The molecule has 4 rings (SSSR count). The number of carbonyl (C=O) groups is 2. The molecule has 1 aliphatic carbocycles. The molecule has 4 aliphatic rings. The molecule has 1 saturated carbocycles. The highest BCUT2D eigenvalue weighted by Gasteiger charge is 2.57. The Labute approximate surface area is 226 Å². The third kappa shape index (κ3) is 6.49. The van der Waals surface area contributed by atoms with Crippen LogP contribution in [0, 0.1) is 17.8 Å². The average Bonchev–Trinajstić information content (AvgIpc) is 2.89. The van der Waals surface area contributed by atoms with Crippen LogP contribution in [0.25, 0.3) is 0 Å². The van der Waals surface area contributed by atoms with Crippen LogP contribution in [0.4, 0.5) is 0 Å². The van der Waals surface area contributed by atoms with Gasteiger partial charge in [-0.3, -0.25) is 4.79 Å². The monoisotopic (exact) mass is 537 g/mol. The van der Waals surface area contributed by atoms with E-state index in [0.717, 1.165) is 32.4 Å². The zero-order valence-corrected chi connectivity index (χ0v) is 23.1. The zero-order valence-electron chi connectivity index (χ0n) is 23.1. The van der Waals surface area contributed by atoms with E-state index in [-0.39, 0.29) is 43.0 Å². The van der Waals surface area contributed by atoms with E-state index in [1.54, 1.807) is 6.08 Å². The lowest BCUT2D eigenvalue weighted by atomic mass is 9.66. The first-order valence-electron chi connectivity index (χ1n) is 14.4. The fraction of sp³-hybridized carbons (Fsp3) is 0.857. The fourth-order valence-electron chi connectivity index (χ4n) is 6.73. The summed E-state index contributed by atoms with van der Waals surface area (Å²) in [6.07, 6.45) is 3.43. The Morgan fingerprint density at radius 1 is 1.32 bits per heavy atom. The summed E-state index contributed by atoms with van der Waals surface area (Å²) in [6.45, 7) is 7.58. The van der Waals surface area contributed by atoms with Crippen LogP contribution in [0.15, 0.2) is 11.6 Å². The molecule has 0 bridgehead atoms. The molecular weight excluding hydrogens is 490 g/mol. The second-order valence-corrected chi connectivity index (χ2v) is 11.8. The first-order valence-corrected chi connectivity index (χ1v) is 14.4. The van der Waals surface area contributed by atoms with Crippen LogP contribution < -0.4 is 16.4 Å². The van der Waals surface area contributed by atoms with Crippen LogP contribution in [-0.2, 0) is 23.8 Å². The van der Waals surface area contributed by atoms with Crippen molar-refractivity contribution in [1.82, 2.24) is 10.6 Å². The predicted molar refractivity (Wildman–Crippen MR) is 141 cm³/mol. The Hall–Kier alpha value is -1.40.